The van der Waals surface area contributed by atoms with Gasteiger partial charge in [0.05, 0.1) is 6.61 Å². The van der Waals surface area contributed by atoms with Crippen LogP contribution in [0.15, 0.2) is 24.3 Å². The van der Waals surface area contributed by atoms with E-state index in [2.05, 4.69) is 56.2 Å². The highest BCUT2D eigenvalue weighted by Gasteiger charge is 1.88. The number of ether oxygens (including phenoxy) is 2. The Labute approximate surface area is 197 Å². The van der Waals surface area contributed by atoms with Gasteiger partial charge in [0.15, 0.2) is 0 Å². The Hall–Kier alpha value is 0.280. The van der Waals surface area contributed by atoms with Crippen molar-refractivity contribution < 1.29 is 19.7 Å². The summed E-state index contributed by atoms with van der Waals surface area (Å²) >= 11 is 6.85. The number of aliphatic hydroxyl groups is 2. The fraction of sp³-hybridized carbons (Fsp3) is 0.826. The normalized spacial score (nSPS) is 10.7. The molecule has 0 aromatic carbocycles. The molecule has 0 atom stereocenters. The molecule has 0 radical (unpaired) electrons. The largest absolute Gasteiger partial charge is 0.400 e. The van der Waals surface area contributed by atoms with Crippen LogP contribution < -0.4 is 0 Å². The van der Waals surface area contributed by atoms with Crippen LogP contribution in [0.5, 0.6) is 0 Å². The van der Waals surface area contributed by atoms with E-state index in [1.165, 1.54) is 64.2 Å². The molecule has 0 spiro atoms. The predicted molar refractivity (Wildman–Crippen MR) is 134 cm³/mol. The minimum absolute atomic E-state index is 0.278. The average molecular weight is 546 g/mol. The van der Waals surface area contributed by atoms with Crippen molar-refractivity contribution in [2.45, 2.75) is 77.0 Å². The summed E-state index contributed by atoms with van der Waals surface area (Å²) in [5.74, 6) is 0. The number of unbranched alkanes of at least 4 members (excludes halogenated alkanes) is 8. The standard InChI is InChI=1S/C12H23BrO2.C10H19BrO.CH4O/c1-14-12-15-11-9-7-5-3-2-4-6-8-10-13;11-9-7-5-3-1-2-4-6-8-10-12;1-2/h5,7H,2-4,6,8-12H2,1H3;4,6,12H,1-3,5,7-10H2;2H,1H3/b7-5-;6-4-;. The molecule has 2 N–H and O–H groups in total. The summed E-state index contributed by atoms with van der Waals surface area (Å²) in [5.41, 5.74) is 0. The molecule has 4 nitrogen and oxygen atoms in total. The Morgan fingerprint density at radius 1 is 0.655 bits per heavy atom. The lowest BCUT2D eigenvalue weighted by Crippen LogP contribution is -1.96. The van der Waals surface area contributed by atoms with Gasteiger partial charge in [-0.25, -0.2) is 0 Å². The molecule has 0 aliphatic carbocycles. The number of allylic oxidation sites excluding steroid dienone is 2. The zero-order valence-corrected chi connectivity index (χ0v) is 22.0. The first-order valence-electron chi connectivity index (χ1n) is 10.9. The maximum absolute atomic E-state index is 8.48. The van der Waals surface area contributed by atoms with Gasteiger partial charge in [-0.1, -0.05) is 81.8 Å². The van der Waals surface area contributed by atoms with Crippen molar-refractivity contribution in [1.29, 1.82) is 0 Å². The molecule has 0 saturated carbocycles. The van der Waals surface area contributed by atoms with Gasteiger partial charge < -0.3 is 19.7 Å². The Morgan fingerprint density at radius 3 is 1.55 bits per heavy atom. The average Bonchev–Trinajstić information content (AvgIpc) is 2.76. The summed E-state index contributed by atoms with van der Waals surface area (Å²) < 4.78 is 9.94. The second-order valence-electron chi connectivity index (χ2n) is 6.34. The van der Waals surface area contributed by atoms with Crippen LogP contribution in [-0.4, -0.2) is 55.1 Å². The van der Waals surface area contributed by atoms with Crippen LogP contribution in [0, 0.1) is 0 Å². The van der Waals surface area contributed by atoms with Crippen molar-refractivity contribution in [1.82, 2.24) is 0 Å². The van der Waals surface area contributed by atoms with Gasteiger partial charge in [0, 0.05) is 31.5 Å². The Morgan fingerprint density at radius 2 is 1.10 bits per heavy atom. The van der Waals surface area contributed by atoms with Crippen molar-refractivity contribution in [2.75, 3.05) is 44.9 Å². The minimum Gasteiger partial charge on any atom is -0.400 e. The van der Waals surface area contributed by atoms with Crippen molar-refractivity contribution in [3.8, 4) is 0 Å². The van der Waals surface area contributed by atoms with Crippen molar-refractivity contribution in [2.24, 2.45) is 0 Å². The molecular formula is C23H46Br2O4. The maximum Gasteiger partial charge on any atom is 0.146 e. The van der Waals surface area contributed by atoms with Gasteiger partial charge in [0.2, 0.25) is 0 Å². The lowest BCUT2D eigenvalue weighted by Gasteiger charge is -1.98. The van der Waals surface area contributed by atoms with Gasteiger partial charge in [0.25, 0.3) is 0 Å². The van der Waals surface area contributed by atoms with Crippen LogP contribution >= 0.6 is 31.9 Å². The molecule has 29 heavy (non-hydrogen) atoms. The molecule has 0 saturated heterocycles. The molecule has 0 heterocycles. The Kier molecular flexibility index (Phi) is 45.4. The molecular weight excluding hydrogens is 500 g/mol. The number of methoxy groups -OCH3 is 1. The summed E-state index contributed by atoms with van der Waals surface area (Å²) in [6, 6.07) is 0. The van der Waals surface area contributed by atoms with E-state index in [1.807, 2.05) is 0 Å². The van der Waals surface area contributed by atoms with Crippen LogP contribution in [0.2, 0.25) is 0 Å². The molecule has 0 fully saturated rings. The molecule has 0 amide bonds. The lowest BCUT2D eigenvalue weighted by molar-refractivity contribution is -0.0285. The van der Waals surface area contributed by atoms with E-state index in [9.17, 15) is 0 Å². The van der Waals surface area contributed by atoms with Gasteiger partial charge in [-0.2, -0.15) is 0 Å². The van der Waals surface area contributed by atoms with Gasteiger partial charge in [0.1, 0.15) is 6.79 Å². The number of hydrogen-bond donors (Lipinski definition) is 2. The minimum atomic E-state index is 0.278. The van der Waals surface area contributed by atoms with Crippen LogP contribution in [0.3, 0.4) is 0 Å². The summed E-state index contributed by atoms with van der Waals surface area (Å²) in [7, 11) is 2.64. The molecule has 176 valence electrons. The first-order chi connectivity index (χ1) is 14.3. The fourth-order valence-electron chi connectivity index (χ4n) is 2.26. The van der Waals surface area contributed by atoms with E-state index in [4.69, 9.17) is 19.7 Å². The summed E-state index contributed by atoms with van der Waals surface area (Å²) in [4.78, 5) is 0. The first kappa shape index (κ1) is 33.9. The maximum atomic E-state index is 8.48. The molecule has 0 bridgehead atoms. The van der Waals surface area contributed by atoms with Crippen molar-refractivity contribution in [3.63, 3.8) is 0 Å². The number of aliphatic hydroxyl groups excluding tert-OH is 2. The SMILES string of the molecule is CO.COCOCC/C=C\CCCCCCBr.OCC/C=C\CCCCCCBr. The zero-order chi connectivity index (χ0) is 22.3. The third-order valence-corrected chi connectivity index (χ3v) is 4.89. The van der Waals surface area contributed by atoms with Gasteiger partial charge in [-0.05, 0) is 51.4 Å². The number of rotatable bonds is 19. The van der Waals surface area contributed by atoms with Gasteiger partial charge >= 0.3 is 0 Å². The van der Waals surface area contributed by atoms with Gasteiger partial charge in [-0.3, -0.25) is 0 Å². The fourth-order valence-corrected chi connectivity index (χ4v) is 3.05. The third kappa shape index (κ3) is 43.1. The van der Waals surface area contributed by atoms with Crippen LogP contribution in [0.1, 0.15) is 77.0 Å². The van der Waals surface area contributed by atoms with Crippen molar-refractivity contribution in [3.05, 3.63) is 24.3 Å². The smallest absolute Gasteiger partial charge is 0.146 e. The topological polar surface area (TPSA) is 58.9 Å². The van der Waals surface area contributed by atoms with E-state index in [-0.39, 0.29) is 6.61 Å². The highest BCUT2D eigenvalue weighted by Crippen LogP contribution is 2.06. The van der Waals surface area contributed by atoms with E-state index in [0.717, 1.165) is 37.2 Å². The zero-order valence-electron chi connectivity index (χ0n) is 18.8. The number of alkyl halides is 2. The van der Waals surface area contributed by atoms with Gasteiger partial charge in [-0.15, -0.1) is 0 Å². The van der Waals surface area contributed by atoms with E-state index in [0.29, 0.717) is 6.79 Å². The summed E-state index contributed by atoms with van der Waals surface area (Å²) in [6.45, 7) is 1.44. The van der Waals surface area contributed by atoms with E-state index < -0.39 is 0 Å². The molecule has 0 aromatic rings. The monoisotopic (exact) mass is 544 g/mol. The lowest BCUT2D eigenvalue weighted by atomic mass is 10.1. The number of halogens is 2. The molecule has 0 aliphatic heterocycles. The molecule has 6 heteroatoms. The molecule has 0 unspecified atom stereocenters. The Balaban J connectivity index is -0.000000438. The third-order valence-electron chi connectivity index (χ3n) is 3.77. The molecule has 0 aliphatic rings. The predicted octanol–water partition coefficient (Wildman–Crippen LogP) is 6.78. The highest BCUT2D eigenvalue weighted by molar-refractivity contribution is 9.09. The molecule has 0 aromatic heterocycles. The van der Waals surface area contributed by atoms with Crippen LogP contribution in [0.4, 0.5) is 0 Å². The first-order valence-corrected chi connectivity index (χ1v) is 13.1. The van der Waals surface area contributed by atoms with Crippen LogP contribution in [0.25, 0.3) is 0 Å². The summed E-state index contributed by atoms with van der Waals surface area (Å²) in [5, 5.41) is 17.8. The quantitative estimate of drug-likeness (QED) is 0.0812. The summed E-state index contributed by atoms with van der Waals surface area (Å²) in [6.07, 6.45) is 23.4. The highest BCUT2D eigenvalue weighted by atomic mass is 79.9. The van der Waals surface area contributed by atoms with E-state index >= 15 is 0 Å². The Bertz CT molecular complexity index is 301. The van der Waals surface area contributed by atoms with Crippen molar-refractivity contribution >= 4 is 31.9 Å². The second kappa shape index (κ2) is 38.8. The van der Waals surface area contributed by atoms with E-state index in [1.54, 1.807) is 7.11 Å². The molecule has 0 rings (SSSR count). The number of hydrogen-bond acceptors (Lipinski definition) is 4. The second-order valence-corrected chi connectivity index (χ2v) is 7.93. The van der Waals surface area contributed by atoms with Crippen LogP contribution in [-0.2, 0) is 9.47 Å².